The highest BCUT2D eigenvalue weighted by Gasteiger charge is 2.28. The van der Waals surface area contributed by atoms with Gasteiger partial charge in [-0.3, -0.25) is 9.10 Å². The third-order valence-corrected chi connectivity index (χ3v) is 9.04. The molecule has 4 rings (SSSR count). The van der Waals surface area contributed by atoms with Gasteiger partial charge in [0.25, 0.3) is 10.0 Å². The van der Waals surface area contributed by atoms with Crippen LogP contribution in [0.25, 0.3) is 0 Å². The van der Waals surface area contributed by atoms with Crippen molar-refractivity contribution < 1.29 is 13.2 Å². The van der Waals surface area contributed by atoms with Gasteiger partial charge in [0.2, 0.25) is 5.91 Å². The maximum atomic E-state index is 13.7. The highest BCUT2D eigenvalue weighted by molar-refractivity contribution is 7.98. The van der Waals surface area contributed by atoms with Crippen molar-refractivity contribution in [2.24, 2.45) is 0 Å². The number of rotatable bonds is 9. The fourth-order valence-electron chi connectivity index (χ4n) is 4.00. The van der Waals surface area contributed by atoms with Crippen LogP contribution in [0.4, 0.5) is 11.4 Å². The minimum atomic E-state index is -4.00. The number of nitrogens with one attached hydrogen (secondary N) is 1. The lowest BCUT2D eigenvalue weighted by atomic mass is 10.1. The van der Waals surface area contributed by atoms with E-state index in [1.165, 1.54) is 4.31 Å². The zero-order valence-corrected chi connectivity index (χ0v) is 23.8. The summed E-state index contributed by atoms with van der Waals surface area (Å²) < 4.78 is 28.7. The summed E-state index contributed by atoms with van der Waals surface area (Å²) in [5.74, 6) is 0.264. The van der Waals surface area contributed by atoms with Crippen LogP contribution in [0.1, 0.15) is 22.3 Å². The molecule has 0 fully saturated rings. The molecule has 0 spiro atoms. The predicted molar refractivity (Wildman–Crippen MR) is 158 cm³/mol. The number of benzene rings is 4. The number of carbonyl (C=O) groups is 1. The maximum Gasteiger partial charge on any atom is 0.264 e. The quantitative estimate of drug-likeness (QED) is 0.215. The van der Waals surface area contributed by atoms with E-state index in [0.717, 1.165) is 27.1 Å². The lowest BCUT2D eigenvalue weighted by Gasteiger charge is -2.25. The van der Waals surface area contributed by atoms with Crippen LogP contribution >= 0.6 is 23.4 Å². The molecule has 0 aliphatic carbocycles. The van der Waals surface area contributed by atoms with E-state index in [2.05, 4.69) is 5.32 Å². The fourth-order valence-corrected chi connectivity index (χ4v) is 6.50. The van der Waals surface area contributed by atoms with Crippen LogP contribution in [0.15, 0.2) is 101 Å². The Balaban J connectivity index is 1.59. The van der Waals surface area contributed by atoms with Crippen LogP contribution in [0.2, 0.25) is 5.02 Å². The SMILES string of the molecule is Cc1ccc(S(=O)(=O)N(CC(=O)Nc2ccccc2SCc2ccc(Cl)cc2)c2cc(C)cc(C)c2)cc1. The second kappa shape index (κ2) is 12.1. The molecule has 0 aliphatic heterocycles. The number of amides is 1. The summed E-state index contributed by atoms with van der Waals surface area (Å²) in [5.41, 5.74) is 4.95. The molecule has 8 heteroatoms. The van der Waals surface area contributed by atoms with Gasteiger partial charge in [-0.2, -0.15) is 0 Å². The largest absolute Gasteiger partial charge is 0.323 e. The summed E-state index contributed by atoms with van der Waals surface area (Å²) in [5, 5.41) is 3.61. The van der Waals surface area contributed by atoms with E-state index >= 15 is 0 Å². The standard InChI is InChI=1S/C30H29ClN2O3S2/c1-21-8-14-27(15-9-21)38(35,36)33(26-17-22(2)16-23(3)18-26)19-30(34)32-28-6-4-5-7-29(28)37-20-24-10-12-25(31)13-11-24/h4-18H,19-20H2,1-3H3,(H,32,34). The van der Waals surface area contributed by atoms with Crippen molar-refractivity contribution in [3.8, 4) is 0 Å². The highest BCUT2D eigenvalue weighted by Crippen LogP contribution is 2.31. The van der Waals surface area contributed by atoms with Gasteiger partial charge in [-0.05, 0) is 86.0 Å². The van der Waals surface area contributed by atoms with Crippen LogP contribution in [0.3, 0.4) is 0 Å². The van der Waals surface area contributed by atoms with E-state index in [4.69, 9.17) is 11.6 Å². The highest BCUT2D eigenvalue weighted by atomic mass is 35.5. The number of aryl methyl sites for hydroxylation is 3. The van der Waals surface area contributed by atoms with Crippen LogP contribution in [-0.2, 0) is 20.6 Å². The third kappa shape index (κ3) is 6.98. The number of hydrogen-bond donors (Lipinski definition) is 1. The van der Waals surface area contributed by atoms with Crippen molar-refractivity contribution in [2.75, 3.05) is 16.2 Å². The minimum absolute atomic E-state index is 0.133. The van der Waals surface area contributed by atoms with Crippen LogP contribution in [-0.4, -0.2) is 20.9 Å². The first kappa shape index (κ1) is 27.8. The number of para-hydroxylation sites is 1. The monoisotopic (exact) mass is 564 g/mol. The third-order valence-electron chi connectivity index (χ3n) is 5.86. The molecule has 0 aromatic heterocycles. The van der Waals surface area contributed by atoms with E-state index in [0.29, 0.717) is 22.2 Å². The molecule has 38 heavy (non-hydrogen) atoms. The first-order valence-corrected chi connectivity index (χ1v) is 14.9. The van der Waals surface area contributed by atoms with Crippen LogP contribution < -0.4 is 9.62 Å². The predicted octanol–water partition coefficient (Wildman–Crippen LogP) is 7.39. The number of halogens is 1. The molecule has 0 atom stereocenters. The van der Waals surface area contributed by atoms with Crippen molar-refractivity contribution in [1.29, 1.82) is 0 Å². The van der Waals surface area contributed by atoms with Crippen molar-refractivity contribution >= 4 is 50.7 Å². The van der Waals surface area contributed by atoms with Gasteiger partial charge in [0.05, 0.1) is 16.3 Å². The molecule has 196 valence electrons. The molecule has 4 aromatic rings. The van der Waals surface area contributed by atoms with Gasteiger partial charge in [0.15, 0.2) is 0 Å². The topological polar surface area (TPSA) is 66.5 Å². The molecule has 0 heterocycles. The van der Waals surface area contributed by atoms with E-state index < -0.39 is 15.9 Å². The molecular weight excluding hydrogens is 536 g/mol. The molecule has 1 amide bonds. The lowest BCUT2D eigenvalue weighted by Crippen LogP contribution is -2.38. The minimum Gasteiger partial charge on any atom is -0.323 e. The first-order valence-electron chi connectivity index (χ1n) is 12.1. The van der Waals surface area contributed by atoms with Gasteiger partial charge < -0.3 is 5.32 Å². The second-order valence-electron chi connectivity index (χ2n) is 9.13. The van der Waals surface area contributed by atoms with Gasteiger partial charge in [-0.1, -0.05) is 59.6 Å². The van der Waals surface area contributed by atoms with Gasteiger partial charge in [0.1, 0.15) is 6.54 Å². The maximum absolute atomic E-state index is 13.7. The van der Waals surface area contributed by atoms with Crippen molar-refractivity contribution in [1.82, 2.24) is 0 Å². The number of sulfonamides is 1. The van der Waals surface area contributed by atoms with E-state index in [1.807, 2.05) is 75.4 Å². The lowest BCUT2D eigenvalue weighted by molar-refractivity contribution is -0.114. The summed E-state index contributed by atoms with van der Waals surface area (Å²) in [6.45, 7) is 5.34. The molecular formula is C30H29ClN2O3S2. The molecule has 0 saturated heterocycles. The molecule has 0 aliphatic rings. The van der Waals surface area contributed by atoms with Gasteiger partial charge in [-0.15, -0.1) is 11.8 Å². The number of nitrogens with zero attached hydrogens (tertiary/aromatic N) is 1. The van der Waals surface area contributed by atoms with Gasteiger partial charge in [-0.25, -0.2) is 8.42 Å². The Labute approximate surface area is 233 Å². The molecule has 0 radical (unpaired) electrons. The Kier molecular flexibility index (Phi) is 8.82. The summed E-state index contributed by atoms with van der Waals surface area (Å²) in [6, 6.07) is 27.3. The summed E-state index contributed by atoms with van der Waals surface area (Å²) in [6.07, 6.45) is 0. The molecule has 4 aromatic carbocycles. The Bertz CT molecular complexity index is 1520. The molecule has 1 N–H and O–H groups in total. The molecule has 0 bridgehead atoms. The average Bonchev–Trinajstić information content (AvgIpc) is 2.87. The molecule has 5 nitrogen and oxygen atoms in total. The number of hydrogen-bond acceptors (Lipinski definition) is 4. The van der Waals surface area contributed by atoms with Crippen molar-refractivity contribution in [3.63, 3.8) is 0 Å². The van der Waals surface area contributed by atoms with Crippen LogP contribution in [0.5, 0.6) is 0 Å². The average molecular weight is 565 g/mol. The Morgan fingerprint density at radius 3 is 2.13 bits per heavy atom. The zero-order valence-electron chi connectivity index (χ0n) is 21.4. The van der Waals surface area contributed by atoms with E-state index in [1.54, 1.807) is 48.2 Å². The first-order chi connectivity index (χ1) is 18.1. The van der Waals surface area contributed by atoms with E-state index in [-0.39, 0.29) is 11.4 Å². The fraction of sp³-hybridized carbons (Fsp3) is 0.167. The Hall–Kier alpha value is -3.26. The molecule has 0 unspecified atom stereocenters. The normalized spacial score (nSPS) is 11.3. The second-order valence-corrected chi connectivity index (χ2v) is 12.4. The van der Waals surface area contributed by atoms with Crippen molar-refractivity contribution in [3.05, 3.63) is 118 Å². The van der Waals surface area contributed by atoms with Crippen molar-refractivity contribution in [2.45, 2.75) is 36.3 Å². The number of thioether (sulfide) groups is 1. The number of anilines is 2. The molecule has 0 saturated carbocycles. The Morgan fingerprint density at radius 2 is 1.47 bits per heavy atom. The summed E-state index contributed by atoms with van der Waals surface area (Å²) >= 11 is 7.57. The smallest absolute Gasteiger partial charge is 0.264 e. The summed E-state index contributed by atoms with van der Waals surface area (Å²) in [7, 11) is -4.00. The zero-order chi connectivity index (χ0) is 27.3. The van der Waals surface area contributed by atoms with Gasteiger partial charge >= 0.3 is 0 Å². The summed E-state index contributed by atoms with van der Waals surface area (Å²) in [4.78, 5) is 14.3. The number of carbonyl (C=O) groups excluding carboxylic acids is 1. The van der Waals surface area contributed by atoms with Crippen LogP contribution in [0, 0.1) is 20.8 Å². The Morgan fingerprint density at radius 1 is 0.842 bits per heavy atom. The van der Waals surface area contributed by atoms with E-state index in [9.17, 15) is 13.2 Å². The van der Waals surface area contributed by atoms with Gasteiger partial charge in [0, 0.05) is 15.7 Å².